The fraction of sp³-hybridized carbons (Fsp3) is 0.350. The van der Waals surface area contributed by atoms with Gasteiger partial charge in [-0.1, -0.05) is 75.2 Å². The monoisotopic (exact) mass is 443 g/mol. The predicted octanol–water partition coefficient (Wildman–Crippen LogP) is 5.62. The molecule has 0 spiro atoms. The summed E-state index contributed by atoms with van der Waals surface area (Å²) in [5, 5.41) is 0.495. The molecule has 0 unspecified atom stereocenters. The third kappa shape index (κ3) is 4.87. The van der Waals surface area contributed by atoms with Crippen molar-refractivity contribution in [2.24, 2.45) is 0 Å². The number of amides is 1. The van der Waals surface area contributed by atoms with Crippen molar-refractivity contribution >= 4 is 45.1 Å². The number of benzene rings is 2. The van der Waals surface area contributed by atoms with Crippen LogP contribution in [0.1, 0.15) is 56.2 Å². The van der Waals surface area contributed by atoms with Gasteiger partial charge in [-0.25, -0.2) is 0 Å². The molecular weight excluding hydrogens is 421 g/mol. The number of carbonyl (C=O) groups is 1. The Balaban J connectivity index is 2.68. The van der Waals surface area contributed by atoms with Crippen LogP contribution in [0, 0.1) is 0 Å². The second kappa shape index (κ2) is 8.82. The van der Waals surface area contributed by atoms with Crippen LogP contribution in [0.2, 0.25) is 10.0 Å². The summed E-state index contributed by atoms with van der Waals surface area (Å²) in [6.45, 7) is 7.56. The maximum Gasteiger partial charge on any atom is 0.366 e. The number of anilines is 1. The molecule has 1 amide bonds. The van der Waals surface area contributed by atoms with Gasteiger partial charge in [0.15, 0.2) is 0 Å². The van der Waals surface area contributed by atoms with Crippen LogP contribution in [0.3, 0.4) is 0 Å². The minimum absolute atomic E-state index is 0.0744. The molecule has 0 heterocycles. The van der Waals surface area contributed by atoms with Crippen LogP contribution in [0.5, 0.6) is 0 Å². The van der Waals surface area contributed by atoms with Crippen molar-refractivity contribution in [1.82, 2.24) is 0 Å². The highest BCUT2D eigenvalue weighted by Gasteiger charge is 2.33. The highest BCUT2D eigenvalue weighted by Crippen LogP contribution is 2.37. The van der Waals surface area contributed by atoms with Gasteiger partial charge in [0.2, 0.25) is 5.91 Å². The third-order valence-electron chi connectivity index (χ3n) is 4.39. The molecule has 1 N–H and O–H groups in total. The fourth-order valence-electron chi connectivity index (χ4n) is 3.04. The summed E-state index contributed by atoms with van der Waals surface area (Å²) in [6, 6.07) is 10.1. The standard InChI is InChI=1S/C20H23Cl2NO4S/c1-12(2)14-7-5-8-15(13(3)4)20(14)23(28(25,26)27)19(24)11-16-17(21)9-6-10-18(16)22/h5-10,12-13H,11H2,1-4H3,(H,25,26,27). The SMILES string of the molecule is CC(C)c1cccc(C(C)C)c1N(C(=O)Cc1c(Cl)cccc1Cl)S(=O)(=O)O. The number of nitrogens with zero attached hydrogens (tertiary/aromatic N) is 1. The minimum Gasteiger partial charge on any atom is -0.273 e. The van der Waals surface area contributed by atoms with Gasteiger partial charge in [-0.3, -0.25) is 9.35 Å². The number of rotatable bonds is 6. The topological polar surface area (TPSA) is 74.7 Å². The number of hydrogen-bond acceptors (Lipinski definition) is 3. The van der Waals surface area contributed by atoms with E-state index in [4.69, 9.17) is 23.2 Å². The number of carbonyl (C=O) groups excluding carboxylic acids is 1. The maximum absolute atomic E-state index is 13.1. The van der Waals surface area contributed by atoms with Crippen LogP contribution in [-0.4, -0.2) is 18.9 Å². The molecule has 0 bridgehead atoms. The molecule has 2 rings (SSSR count). The summed E-state index contributed by atoms with van der Waals surface area (Å²) in [6.07, 6.45) is -0.373. The highest BCUT2D eigenvalue weighted by atomic mass is 35.5. The van der Waals surface area contributed by atoms with Crippen molar-refractivity contribution in [1.29, 1.82) is 0 Å². The molecule has 0 aliphatic heterocycles. The van der Waals surface area contributed by atoms with E-state index in [0.717, 1.165) is 0 Å². The quantitative estimate of drug-likeness (QED) is 0.587. The Bertz CT molecular complexity index is 941. The molecule has 2 aromatic rings. The first-order chi connectivity index (χ1) is 12.9. The largest absolute Gasteiger partial charge is 0.366 e. The Morgan fingerprint density at radius 1 is 0.964 bits per heavy atom. The lowest BCUT2D eigenvalue weighted by atomic mass is 9.92. The second-order valence-corrected chi connectivity index (χ2v) is 9.18. The zero-order chi connectivity index (χ0) is 21.2. The lowest BCUT2D eigenvalue weighted by Crippen LogP contribution is -2.39. The van der Waals surface area contributed by atoms with Gasteiger partial charge in [-0.2, -0.15) is 12.7 Å². The molecule has 0 saturated heterocycles. The Hall–Kier alpha value is -1.60. The van der Waals surface area contributed by atoms with Crippen molar-refractivity contribution in [3.63, 3.8) is 0 Å². The third-order valence-corrected chi connectivity index (χ3v) is 5.95. The molecule has 0 saturated carbocycles. The smallest absolute Gasteiger partial charge is 0.273 e. The Labute approximate surface area is 176 Å². The molecule has 8 heteroatoms. The van der Waals surface area contributed by atoms with Crippen LogP contribution in [0.25, 0.3) is 0 Å². The number of halogens is 2. The van der Waals surface area contributed by atoms with Crippen LogP contribution in [0.15, 0.2) is 36.4 Å². The summed E-state index contributed by atoms with van der Waals surface area (Å²) >= 11 is 12.3. The van der Waals surface area contributed by atoms with E-state index in [2.05, 4.69) is 0 Å². The Kier molecular flexibility index (Phi) is 7.15. The van der Waals surface area contributed by atoms with Crippen LogP contribution >= 0.6 is 23.2 Å². The summed E-state index contributed by atoms with van der Waals surface area (Å²) < 4.78 is 35.0. The molecule has 0 atom stereocenters. The van der Waals surface area contributed by atoms with Gasteiger partial charge in [0.25, 0.3) is 0 Å². The Morgan fingerprint density at radius 2 is 1.39 bits per heavy atom. The molecule has 2 aromatic carbocycles. The van der Waals surface area contributed by atoms with Gasteiger partial charge in [0.1, 0.15) is 0 Å². The Morgan fingerprint density at radius 3 is 1.79 bits per heavy atom. The van der Waals surface area contributed by atoms with Crippen LogP contribution in [0.4, 0.5) is 5.69 Å². The summed E-state index contributed by atoms with van der Waals surface area (Å²) in [5.74, 6) is -0.989. The lowest BCUT2D eigenvalue weighted by molar-refractivity contribution is -0.116. The average molecular weight is 444 g/mol. The molecule has 0 fully saturated rings. The van der Waals surface area contributed by atoms with E-state index < -0.39 is 16.2 Å². The van der Waals surface area contributed by atoms with Gasteiger partial charge < -0.3 is 0 Å². The molecule has 0 radical (unpaired) electrons. The van der Waals surface area contributed by atoms with Crippen LogP contribution in [-0.2, 0) is 21.5 Å². The molecule has 152 valence electrons. The van der Waals surface area contributed by atoms with Crippen molar-refractivity contribution in [3.05, 3.63) is 63.1 Å². The summed E-state index contributed by atoms with van der Waals surface area (Å²) in [4.78, 5) is 13.1. The van der Waals surface area contributed by atoms with Gasteiger partial charge in [-0.05, 0) is 40.7 Å². The van der Waals surface area contributed by atoms with Gasteiger partial charge >= 0.3 is 10.3 Å². The number of hydrogen-bond donors (Lipinski definition) is 1. The fourth-order valence-corrected chi connectivity index (χ4v) is 4.33. The van der Waals surface area contributed by atoms with E-state index in [-0.39, 0.29) is 34.0 Å². The van der Waals surface area contributed by atoms with Crippen molar-refractivity contribution in [2.75, 3.05) is 4.31 Å². The average Bonchev–Trinajstić information content (AvgIpc) is 2.57. The van der Waals surface area contributed by atoms with E-state index in [9.17, 15) is 17.8 Å². The number of para-hydroxylation sites is 1. The summed E-state index contributed by atoms with van der Waals surface area (Å²) in [7, 11) is -4.88. The van der Waals surface area contributed by atoms with Gasteiger partial charge in [0.05, 0.1) is 12.1 Å². The second-order valence-electron chi connectivity index (χ2n) is 7.11. The minimum atomic E-state index is -4.88. The molecule has 28 heavy (non-hydrogen) atoms. The zero-order valence-corrected chi connectivity index (χ0v) is 18.4. The highest BCUT2D eigenvalue weighted by molar-refractivity contribution is 7.88. The van der Waals surface area contributed by atoms with E-state index in [1.807, 2.05) is 33.8 Å². The van der Waals surface area contributed by atoms with Crippen molar-refractivity contribution in [3.8, 4) is 0 Å². The van der Waals surface area contributed by atoms with Gasteiger partial charge in [0, 0.05) is 10.0 Å². The normalized spacial score (nSPS) is 11.9. The molecule has 0 aliphatic carbocycles. The molecular formula is C20H23Cl2NO4S. The van der Waals surface area contributed by atoms with E-state index >= 15 is 0 Å². The first kappa shape index (κ1) is 22.7. The van der Waals surface area contributed by atoms with Crippen molar-refractivity contribution < 1.29 is 17.8 Å². The van der Waals surface area contributed by atoms with E-state index in [1.54, 1.807) is 30.3 Å². The molecule has 5 nitrogen and oxygen atoms in total. The first-order valence-corrected chi connectivity index (χ1v) is 11.0. The van der Waals surface area contributed by atoms with Gasteiger partial charge in [-0.15, -0.1) is 0 Å². The zero-order valence-electron chi connectivity index (χ0n) is 16.1. The van der Waals surface area contributed by atoms with Crippen LogP contribution < -0.4 is 4.31 Å². The molecule has 0 aromatic heterocycles. The first-order valence-electron chi connectivity index (χ1n) is 8.81. The van der Waals surface area contributed by atoms with Crippen molar-refractivity contribution in [2.45, 2.75) is 46.0 Å². The maximum atomic E-state index is 13.1. The van der Waals surface area contributed by atoms with E-state index in [1.165, 1.54) is 0 Å². The summed E-state index contributed by atoms with van der Waals surface area (Å²) in [5.41, 5.74) is 1.77. The van der Waals surface area contributed by atoms with E-state index in [0.29, 0.717) is 21.0 Å². The molecule has 0 aliphatic rings. The predicted molar refractivity (Wildman–Crippen MR) is 114 cm³/mol. The lowest BCUT2D eigenvalue weighted by Gasteiger charge is -2.27.